The molecule has 1 atom stereocenters. The number of morpholine rings is 1. The molecular formula is C17H19N3O5S. The topological polar surface area (TPSA) is 97.3 Å². The van der Waals surface area contributed by atoms with Gasteiger partial charge in [0.15, 0.2) is 5.17 Å². The Kier molecular flexibility index (Phi) is 5.89. The van der Waals surface area contributed by atoms with Crippen molar-refractivity contribution in [2.24, 2.45) is 4.99 Å². The van der Waals surface area contributed by atoms with Crippen molar-refractivity contribution >= 4 is 40.4 Å². The van der Waals surface area contributed by atoms with Crippen LogP contribution in [-0.2, 0) is 19.1 Å². The summed E-state index contributed by atoms with van der Waals surface area (Å²) in [5.41, 5.74) is 0.619. The van der Waals surface area contributed by atoms with Gasteiger partial charge >= 0.3 is 5.97 Å². The second-order valence-corrected chi connectivity index (χ2v) is 6.90. The van der Waals surface area contributed by atoms with Gasteiger partial charge in [0.2, 0.25) is 5.91 Å². The Morgan fingerprint density at radius 2 is 2.08 bits per heavy atom. The lowest BCUT2D eigenvalue weighted by Crippen LogP contribution is -2.39. The molecular weight excluding hydrogens is 358 g/mol. The van der Waals surface area contributed by atoms with E-state index in [0.717, 1.165) is 0 Å². The minimum atomic E-state index is -0.557. The van der Waals surface area contributed by atoms with Crippen molar-refractivity contribution in [3.8, 4) is 0 Å². The van der Waals surface area contributed by atoms with E-state index in [2.05, 4.69) is 10.3 Å². The zero-order chi connectivity index (χ0) is 18.5. The number of methoxy groups -OCH3 is 1. The van der Waals surface area contributed by atoms with E-state index in [1.165, 1.54) is 18.9 Å². The third kappa shape index (κ3) is 4.23. The number of thioether (sulfide) groups is 1. The van der Waals surface area contributed by atoms with Crippen LogP contribution in [-0.4, -0.2) is 66.5 Å². The normalized spacial score (nSPS) is 19.9. The molecule has 8 nitrogen and oxygen atoms in total. The van der Waals surface area contributed by atoms with E-state index in [1.807, 2.05) is 4.90 Å². The lowest BCUT2D eigenvalue weighted by Gasteiger charge is -2.27. The molecule has 2 aliphatic heterocycles. The molecule has 26 heavy (non-hydrogen) atoms. The van der Waals surface area contributed by atoms with E-state index in [9.17, 15) is 14.4 Å². The Morgan fingerprint density at radius 3 is 2.81 bits per heavy atom. The molecule has 1 aromatic carbocycles. The number of anilines is 1. The first-order chi connectivity index (χ1) is 12.6. The van der Waals surface area contributed by atoms with Gasteiger partial charge in [0, 0.05) is 19.5 Å². The lowest BCUT2D eigenvalue weighted by molar-refractivity contribution is -0.121. The standard InChI is InChI=1S/C17H19N3O5S/c1-24-16(23)11-4-2-3-5-12(11)18-14(21)10-13-15(22)19-17(26-13)20-6-8-25-9-7-20/h2-5,13H,6-10H2,1H3,(H,18,21)/t13-/m1/s1. The highest BCUT2D eigenvalue weighted by molar-refractivity contribution is 8.15. The van der Waals surface area contributed by atoms with Gasteiger partial charge in [-0.3, -0.25) is 9.59 Å². The number of hydrogen-bond acceptors (Lipinski definition) is 7. The van der Waals surface area contributed by atoms with Crippen LogP contribution in [0.5, 0.6) is 0 Å². The average Bonchev–Trinajstić information content (AvgIpc) is 3.02. The fraction of sp³-hybridized carbons (Fsp3) is 0.412. The maximum absolute atomic E-state index is 12.3. The van der Waals surface area contributed by atoms with Gasteiger partial charge in [-0.2, -0.15) is 4.99 Å². The highest BCUT2D eigenvalue weighted by Gasteiger charge is 2.33. The third-order valence-corrected chi connectivity index (χ3v) is 5.20. The third-order valence-electron chi connectivity index (χ3n) is 3.99. The number of esters is 1. The minimum Gasteiger partial charge on any atom is -0.465 e. The van der Waals surface area contributed by atoms with Crippen molar-refractivity contribution < 1.29 is 23.9 Å². The summed E-state index contributed by atoms with van der Waals surface area (Å²) in [6.07, 6.45) is -0.0175. The molecule has 1 aromatic rings. The van der Waals surface area contributed by atoms with Crippen LogP contribution in [0.1, 0.15) is 16.8 Å². The van der Waals surface area contributed by atoms with E-state index in [4.69, 9.17) is 9.47 Å². The zero-order valence-electron chi connectivity index (χ0n) is 14.3. The summed E-state index contributed by atoms with van der Waals surface area (Å²) in [6, 6.07) is 6.57. The SMILES string of the molecule is COC(=O)c1ccccc1NC(=O)C[C@H]1SC(N2CCOCC2)=NC1=O. The number of amidine groups is 1. The molecule has 0 aromatic heterocycles. The van der Waals surface area contributed by atoms with Crippen LogP contribution < -0.4 is 5.32 Å². The fourth-order valence-electron chi connectivity index (χ4n) is 2.65. The quantitative estimate of drug-likeness (QED) is 0.786. The van der Waals surface area contributed by atoms with E-state index in [-0.39, 0.29) is 23.8 Å². The zero-order valence-corrected chi connectivity index (χ0v) is 15.1. The molecule has 2 heterocycles. The van der Waals surface area contributed by atoms with Crippen LogP contribution in [0.4, 0.5) is 5.69 Å². The summed E-state index contributed by atoms with van der Waals surface area (Å²) in [5.74, 6) is -1.20. The van der Waals surface area contributed by atoms with Gasteiger partial charge in [-0.1, -0.05) is 23.9 Å². The Labute approximate surface area is 154 Å². The molecule has 0 saturated carbocycles. The number of ether oxygens (including phenoxy) is 2. The number of nitrogens with zero attached hydrogens (tertiary/aromatic N) is 2. The highest BCUT2D eigenvalue weighted by atomic mass is 32.2. The monoisotopic (exact) mass is 377 g/mol. The van der Waals surface area contributed by atoms with Crippen molar-refractivity contribution in [3.05, 3.63) is 29.8 Å². The maximum Gasteiger partial charge on any atom is 0.339 e. The fourth-order valence-corrected chi connectivity index (χ4v) is 3.77. The molecule has 138 valence electrons. The number of rotatable bonds is 4. The van der Waals surface area contributed by atoms with Crippen LogP contribution >= 0.6 is 11.8 Å². The van der Waals surface area contributed by atoms with E-state index >= 15 is 0 Å². The number of benzene rings is 1. The van der Waals surface area contributed by atoms with Gasteiger partial charge in [0.25, 0.3) is 5.91 Å². The molecule has 0 unspecified atom stereocenters. The second kappa shape index (κ2) is 8.33. The van der Waals surface area contributed by atoms with Crippen LogP contribution in [0.3, 0.4) is 0 Å². The van der Waals surface area contributed by atoms with Crippen LogP contribution in [0.25, 0.3) is 0 Å². The second-order valence-electron chi connectivity index (χ2n) is 5.73. The summed E-state index contributed by atoms with van der Waals surface area (Å²) < 4.78 is 10.00. The molecule has 0 spiro atoms. The predicted octanol–water partition coefficient (Wildman–Crippen LogP) is 1.13. The number of carbonyl (C=O) groups is 3. The van der Waals surface area contributed by atoms with E-state index < -0.39 is 11.2 Å². The summed E-state index contributed by atoms with van der Waals surface area (Å²) >= 11 is 1.30. The van der Waals surface area contributed by atoms with Gasteiger partial charge in [0.1, 0.15) is 5.25 Å². The van der Waals surface area contributed by atoms with Crippen molar-refractivity contribution in [1.29, 1.82) is 0 Å². The lowest BCUT2D eigenvalue weighted by atomic mass is 10.1. The average molecular weight is 377 g/mol. The van der Waals surface area contributed by atoms with Crippen molar-refractivity contribution in [3.63, 3.8) is 0 Å². The van der Waals surface area contributed by atoms with Crippen molar-refractivity contribution in [2.75, 3.05) is 38.7 Å². The number of carbonyl (C=O) groups excluding carboxylic acids is 3. The Morgan fingerprint density at radius 1 is 1.35 bits per heavy atom. The van der Waals surface area contributed by atoms with Crippen LogP contribution in [0.2, 0.25) is 0 Å². The summed E-state index contributed by atoms with van der Waals surface area (Å²) in [4.78, 5) is 42.3. The van der Waals surface area contributed by atoms with E-state index in [0.29, 0.717) is 37.2 Å². The number of hydrogen-bond donors (Lipinski definition) is 1. The Balaban J connectivity index is 1.59. The molecule has 1 N–H and O–H groups in total. The molecule has 3 rings (SSSR count). The Bertz CT molecular complexity index is 746. The van der Waals surface area contributed by atoms with E-state index in [1.54, 1.807) is 24.3 Å². The maximum atomic E-state index is 12.3. The van der Waals surface area contributed by atoms with Crippen LogP contribution in [0, 0.1) is 0 Å². The first kappa shape index (κ1) is 18.4. The summed E-state index contributed by atoms with van der Waals surface area (Å²) in [7, 11) is 1.28. The molecule has 1 fully saturated rings. The van der Waals surface area contributed by atoms with Crippen LogP contribution in [0.15, 0.2) is 29.3 Å². The molecule has 0 bridgehead atoms. The van der Waals surface area contributed by atoms with Crippen molar-refractivity contribution in [1.82, 2.24) is 4.90 Å². The predicted molar refractivity (Wildman–Crippen MR) is 97.2 cm³/mol. The number of aliphatic imine (C=N–C) groups is 1. The number of amides is 2. The smallest absolute Gasteiger partial charge is 0.339 e. The first-order valence-electron chi connectivity index (χ1n) is 8.17. The van der Waals surface area contributed by atoms with Gasteiger partial charge in [0.05, 0.1) is 31.6 Å². The van der Waals surface area contributed by atoms with Gasteiger partial charge in [-0.25, -0.2) is 4.79 Å². The number of nitrogens with one attached hydrogen (secondary N) is 1. The van der Waals surface area contributed by atoms with Crippen molar-refractivity contribution in [2.45, 2.75) is 11.7 Å². The van der Waals surface area contributed by atoms with Gasteiger partial charge < -0.3 is 19.7 Å². The highest BCUT2D eigenvalue weighted by Crippen LogP contribution is 2.28. The summed E-state index contributed by atoms with van der Waals surface area (Å²) in [5, 5.41) is 2.76. The van der Waals surface area contributed by atoms with Gasteiger partial charge in [-0.05, 0) is 12.1 Å². The largest absolute Gasteiger partial charge is 0.465 e. The summed E-state index contributed by atoms with van der Waals surface area (Å²) in [6.45, 7) is 2.57. The first-order valence-corrected chi connectivity index (χ1v) is 9.05. The van der Waals surface area contributed by atoms with Gasteiger partial charge in [-0.15, -0.1) is 0 Å². The molecule has 9 heteroatoms. The molecule has 1 saturated heterocycles. The molecule has 0 radical (unpaired) electrons. The molecule has 2 amide bonds. The minimum absolute atomic E-state index is 0.0175. The number of para-hydroxylation sites is 1. The molecule has 0 aliphatic carbocycles. The Hall–Kier alpha value is -2.39. The molecule has 2 aliphatic rings.